The Balaban J connectivity index is 2.46. The highest BCUT2D eigenvalue weighted by Crippen LogP contribution is 2.34. The summed E-state index contributed by atoms with van der Waals surface area (Å²) in [6.07, 6.45) is 0. The van der Waals surface area contributed by atoms with Crippen LogP contribution in [0.1, 0.15) is 15.9 Å². The van der Waals surface area contributed by atoms with Gasteiger partial charge in [-0.1, -0.05) is 0 Å². The number of benzene rings is 2. The van der Waals surface area contributed by atoms with Gasteiger partial charge in [-0.05, 0) is 52.3 Å². The summed E-state index contributed by atoms with van der Waals surface area (Å²) in [6, 6.07) is 10.1. The zero-order chi connectivity index (χ0) is 14.7. The molecule has 0 spiro atoms. The predicted octanol–water partition coefficient (Wildman–Crippen LogP) is 3.28. The molecule has 0 unspecified atom stereocenters. The van der Waals surface area contributed by atoms with Gasteiger partial charge in [0.1, 0.15) is 0 Å². The normalized spacial score (nSPS) is 10.2. The van der Waals surface area contributed by atoms with Gasteiger partial charge in [-0.25, -0.2) is 0 Å². The van der Waals surface area contributed by atoms with Gasteiger partial charge in [-0.3, -0.25) is 4.79 Å². The minimum Gasteiger partial charge on any atom is -0.493 e. The lowest BCUT2D eigenvalue weighted by Gasteiger charge is -2.11. The van der Waals surface area contributed by atoms with Gasteiger partial charge < -0.3 is 15.2 Å². The smallest absolute Gasteiger partial charge is 0.194 e. The second kappa shape index (κ2) is 5.96. The van der Waals surface area contributed by atoms with Crippen LogP contribution >= 0.6 is 15.9 Å². The van der Waals surface area contributed by atoms with E-state index in [9.17, 15) is 4.79 Å². The minimum atomic E-state index is -0.113. The third-order valence-corrected chi connectivity index (χ3v) is 3.55. The Hall–Kier alpha value is -2.01. The molecule has 0 amide bonds. The van der Waals surface area contributed by atoms with Crippen molar-refractivity contribution in [1.82, 2.24) is 0 Å². The van der Waals surface area contributed by atoms with Crippen LogP contribution in [0.25, 0.3) is 0 Å². The molecular formula is C15H14BrNO3. The van der Waals surface area contributed by atoms with E-state index >= 15 is 0 Å². The zero-order valence-corrected chi connectivity index (χ0v) is 12.7. The second-order valence-corrected chi connectivity index (χ2v) is 4.99. The summed E-state index contributed by atoms with van der Waals surface area (Å²) in [4.78, 5) is 12.5. The van der Waals surface area contributed by atoms with Gasteiger partial charge in [-0.15, -0.1) is 0 Å². The number of halogens is 1. The van der Waals surface area contributed by atoms with E-state index in [2.05, 4.69) is 15.9 Å². The number of anilines is 1. The van der Waals surface area contributed by atoms with Crippen molar-refractivity contribution >= 4 is 27.4 Å². The lowest BCUT2D eigenvalue weighted by molar-refractivity contribution is 0.103. The largest absolute Gasteiger partial charge is 0.493 e. The van der Waals surface area contributed by atoms with Crippen molar-refractivity contribution in [2.24, 2.45) is 0 Å². The molecule has 0 atom stereocenters. The number of rotatable bonds is 4. The molecule has 2 N–H and O–H groups in total. The van der Waals surface area contributed by atoms with Crippen molar-refractivity contribution in [2.45, 2.75) is 0 Å². The van der Waals surface area contributed by atoms with E-state index in [0.717, 1.165) is 0 Å². The molecule has 0 aromatic heterocycles. The molecule has 4 nitrogen and oxygen atoms in total. The number of carbonyl (C=O) groups is 1. The van der Waals surface area contributed by atoms with Crippen molar-refractivity contribution in [3.05, 3.63) is 52.0 Å². The van der Waals surface area contributed by atoms with Gasteiger partial charge in [0.05, 0.1) is 14.2 Å². The molecule has 20 heavy (non-hydrogen) atoms. The average Bonchev–Trinajstić information content (AvgIpc) is 2.47. The summed E-state index contributed by atoms with van der Waals surface area (Å²) < 4.78 is 11.1. The molecule has 104 valence electrons. The summed E-state index contributed by atoms with van der Waals surface area (Å²) in [7, 11) is 3.08. The predicted molar refractivity (Wildman–Crippen MR) is 81.5 cm³/mol. The van der Waals surface area contributed by atoms with E-state index in [4.69, 9.17) is 15.2 Å². The Morgan fingerprint density at radius 2 is 1.60 bits per heavy atom. The number of nitrogen functional groups attached to an aromatic ring is 1. The first-order chi connectivity index (χ1) is 9.56. The lowest BCUT2D eigenvalue weighted by Crippen LogP contribution is -2.04. The van der Waals surface area contributed by atoms with Crippen molar-refractivity contribution in [2.75, 3.05) is 20.0 Å². The van der Waals surface area contributed by atoms with E-state index in [1.165, 1.54) is 7.11 Å². The van der Waals surface area contributed by atoms with Crippen LogP contribution in [0, 0.1) is 0 Å². The molecule has 0 heterocycles. The molecule has 0 aliphatic carbocycles. The Labute approximate surface area is 125 Å². The summed E-state index contributed by atoms with van der Waals surface area (Å²) in [5.41, 5.74) is 7.31. The van der Waals surface area contributed by atoms with Gasteiger partial charge in [0.2, 0.25) is 0 Å². The Bertz CT molecular complexity index is 638. The highest BCUT2D eigenvalue weighted by Gasteiger charge is 2.16. The third kappa shape index (κ3) is 2.77. The molecule has 0 saturated carbocycles. The number of hydrogen-bond donors (Lipinski definition) is 1. The van der Waals surface area contributed by atoms with Crippen molar-refractivity contribution in [3.63, 3.8) is 0 Å². The van der Waals surface area contributed by atoms with Crippen LogP contribution in [0.5, 0.6) is 11.5 Å². The van der Waals surface area contributed by atoms with Crippen LogP contribution in [-0.4, -0.2) is 20.0 Å². The van der Waals surface area contributed by atoms with Gasteiger partial charge in [-0.2, -0.15) is 0 Å². The van der Waals surface area contributed by atoms with Crippen LogP contribution in [0.2, 0.25) is 0 Å². The molecule has 0 saturated heterocycles. The minimum absolute atomic E-state index is 0.113. The fraction of sp³-hybridized carbons (Fsp3) is 0.133. The van der Waals surface area contributed by atoms with Crippen molar-refractivity contribution in [3.8, 4) is 11.5 Å². The molecule has 0 aliphatic rings. The van der Waals surface area contributed by atoms with E-state index in [-0.39, 0.29) is 5.78 Å². The summed E-state index contributed by atoms with van der Waals surface area (Å²) in [5, 5.41) is 0. The van der Waals surface area contributed by atoms with E-state index in [0.29, 0.717) is 32.8 Å². The van der Waals surface area contributed by atoms with E-state index in [1.807, 2.05) is 0 Å². The fourth-order valence-electron chi connectivity index (χ4n) is 1.82. The highest BCUT2D eigenvalue weighted by atomic mass is 79.9. The van der Waals surface area contributed by atoms with Crippen LogP contribution in [-0.2, 0) is 0 Å². The highest BCUT2D eigenvalue weighted by molar-refractivity contribution is 9.10. The molecule has 0 aliphatic heterocycles. The van der Waals surface area contributed by atoms with Gasteiger partial charge in [0, 0.05) is 21.3 Å². The first-order valence-electron chi connectivity index (χ1n) is 5.88. The van der Waals surface area contributed by atoms with E-state index in [1.54, 1.807) is 43.5 Å². The zero-order valence-electron chi connectivity index (χ0n) is 11.1. The number of hydrogen-bond acceptors (Lipinski definition) is 4. The molecular weight excluding hydrogens is 322 g/mol. The lowest BCUT2D eigenvalue weighted by atomic mass is 10.0. The quantitative estimate of drug-likeness (QED) is 0.688. The molecule has 0 fully saturated rings. The number of carbonyl (C=O) groups excluding carboxylic acids is 1. The average molecular weight is 336 g/mol. The fourth-order valence-corrected chi connectivity index (χ4v) is 2.32. The Morgan fingerprint density at radius 3 is 2.15 bits per heavy atom. The first-order valence-corrected chi connectivity index (χ1v) is 6.68. The van der Waals surface area contributed by atoms with Crippen LogP contribution in [0.3, 0.4) is 0 Å². The standard InChI is InChI=1S/C15H14BrNO3/c1-19-13-7-11(12(16)8-14(13)20-2)15(18)9-3-5-10(17)6-4-9/h3-8H,17H2,1-2H3. The maximum absolute atomic E-state index is 12.5. The third-order valence-electron chi connectivity index (χ3n) is 2.89. The molecule has 0 radical (unpaired) electrons. The monoisotopic (exact) mass is 335 g/mol. The maximum Gasteiger partial charge on any atom is 0.194 e. The molecule has 5 heteroatoms. The maximum atomic E-state index is 12.5. The van der Waals surface area contributed by atoms with Crippen molar-refractivity contribution in [1.29, 1.82) is 0 Å². The summed E-state index contributed by atoms with van der Waals surface area (Å²) in [5.74, 6) is 0.959. The van der Waals surface area contributed by atoms with Crippen molar-refractivity contribution < 1.29 is 14.3 Å². The first kappa shape index (κ1) is 14.4. The number of ketones is 1. The van der Waals surface area contributed by atoms with E-state index < -0.39 is 0 Å². The SMILES string of the molecule is COc1cc(Br)c(C(=O)c2ccc(N)cc2)cc1OC. The Morgan fingerprint density at radius 1 is 1.05 bits per heavy atom. The summed E-state index contributed by atoms with van der Waals surface area (Å²) >= 11 is 3.38. The topological polar surface area (TPSA) is 61.5 Å². The summed E-state index contributed by atoms with van der Waals surface area (Å²) in [6.45, 7) is 0. The number of ether oxygens (including phenoxy) is 2. The van der Waals surface area contributed by atoms with Crippen LogP contribution in [0.4, 0.5) is 5.69 Å². The molecule has 2 aromatic carbocycles. The second-order valence-electron chi connectivity index (χ2n) is 4.14. The Kier molecular flexibility index (Phi) is 4.29. The molecule has 2 rings (SSSR count). The van der Waals surface area contributed by atoms with Gasteiger partial charge in [0.15, 0.2) is 17.3 Å². The van der Waals surface area contributed by atoms with Gasteiger partial charge in [0.25, 0.3) is 0 Å². The van der Waals surface area contributed by atoms with Gasteiger partial charge >= 0.3 is 0 Å². The number of nitrogens with two attached hydrogens (primary N) is 1. The number of methoxy groups -OCH3 is 2. The molecule has 2 aromatic rings. The molecule has 0 bridgehead atoms. The van der Waals surface area contributed by atoms with Crippen LogP contribution < -0.4 is 15.2 Å². The van der Waals surface area contributed by atoms with Crippen LogP contribution in [0.15, 0.2) is 40.9 Å².